The molecule has 0 bridgehead atoms. The summed E-state index contributed by atoms with van der Waals surface area (Å²) >= 11 is 0. The Morgan fingerprint density at radius 1 is 1.47 bits per heavy atom. The number of likely N-dealkylation sites (tertiary alicyclic amines) is 1. The average Bonchev–Trinajstić information content (AvgIpc) is 2.63. The molecule has 0 spiro atoms. The second-order valence-corrected chi connectivity index (χ2v) is 6.19. The molecule has 1 atom stereocenters. The fourth-order valence-electron chi connectivity index (χ4n) is 1.72. The smallest absolute Gasteiger partial charge is 0.326 e. The van der Waals surface area contributed by atoms with E-state index in [1.54, 1.807) is 0 Å². The molecule has 1 aliphatic heterocycles. The van der Waals surface area contributed by atoms with Gasteiger partial charge in [-0.2, -0.15) is 4.31 Å². The lowest BCUT2D eigenvalue weighted by molar-refractivity contribution is -0.148. The molecule has 1 amide bonds. The number of carboxylic acid groups (broad SMARTS) is 1. The van der Waals surface area contributed by atoms with Crippen LogP contribution in [0.3, 0.4) is 0 Å². The van der Waals surface area contributed by atoms with Crippen molar-refractivity contribution in [1.29, 1.82) is 0 Å². The van der Waals surface area contributed by atoms with Crippen LogP contribution in [0.1, 0.15) is 12.8 Å². The number of amides is 1. The fraction of sp³-hybridized carbons (Fsp3) is 0.778. The molecule has 1 N–H and O–H groups in total. The minimum absolute atomic E-state index is 0.317. The number of carbonyl (C=O) groups excluding carboxylic acids is 1. The van der Waals surface area contributed by atoms with Crippen LogP contribution < -0.4 is 0 Å². The molecule has 1 fully saturated rings. The lowest BCUT2D eigenvalue weighted by atomic mass is 10.2. The molecule has 1 aliphatic rings. The Hall–Kier alpha value is -1.15. The van der Waals surface area contributed by atoms with Crippen molar-refractivity contribution >= 4 is 21.9 Å². The van der Waals surface area contributed by atoms with Crippen molar-refractivity contribution < 1.29 is 23.1 Å². The van der Waals surface area contributed by atoms with E-state index in [4.69, 9.17) is 5.11 Å². The van der Waals surface area contributed by atoms with E-state index < -0.39 is 27.9 Å². The maximum Gasteiger partial charge on any atom is 0.326 e. The first-order chi connectivity index (χ1) is 7.73. The van der Waals surface area contributed by atoms with Gasteiger partial charge < -0.3 is 10.0 Å². The molecule has 0 saturated carbocycles. The summed E-state index contributed by atoms with van der Waals surface area (Å²) in [5.41, 5.74) is 0. The van der Waals surface area contributed by atoms with Crippen molar-refractivity contribution in [3.63, 3.8) is 0 Å². The Morgan fingerprint density at radius 3 is 2.53 bits per heavy atom. The standard InChI is InChI=1S/C9H16N2O5S/c1-10(17(2,15)16)6-8(12)11-5-3-4-7(11)9(13)14/h7H,3-6H2,1-2H3,(H,13,14)/t7-/m1/s1. The van der Waals surface area contributed by atoms with Crippen molar-refractivity contribution in [2.45, 2.75) is 18.9 Å². The molecule has 0 unspecified atom stereocenters. The van der Waals surface area contributed by atoms with Crippen LogP contribution in [0.4, 0.5) is 0 Å². The van der Waals surface area contributed by atoms with E-state index in [1.807, 2.05) is 0 Å². The molecule has 0 radical (unpaired) electrons. The number of likely N-dealkylation sites (N-methyl/N-ethyl adjacent to an activating group) is 1. The van der Waals surface area contributed by atoms with Gasteiger partial charge in [-0.1, -0.05) is 0 Å². The van der Waals surface area contributed by atoms with Gasteiger partial charge in [-0.3, -0.25) is 4.79 Å². The third-order valence-electron chi connectivity index (χ3n) is 2.78. The number of carbonyl (C=O) groups is 2. The number of hydrogen-bond donors (Lipinski definition) is 1. The predicted octanol–water partition coefficient (Wildman–Crippen LogP) is -1.05. The Labute approximate surface area is 100 Å². The molecule has 0 aromatic heterocycles. The maximum atomic E-state index is 11.8. The number of carboxylic acids is 1. The van der Waals surface area contributed by atoms with Crippen LogP contribution in [0.25, 0.3) is 0 Å². The van der Waals surface area contributed by atoms with Gasteiger partial charge in [-0.05, 0) is 12.8 Å². The first-order valence-electron chi connectivity index (χ1n) is 5.17. The van der Waals surface area contributed by atoms with Gasteiger partial charge in [-0.25, -0.2) is 13.2 Å². The minimum atomic E-state index is -3.43. The molecular formula is C9H16N2O5S. The highest BCUT2D eigenvalue weighted by Crippen LogP contribution is 2.17. The molecular weight excluding hydrogens is 248 g/mol. The van der Waals surface area contributed by atoms with Gasteiger partial charge in [0.15, 0.2) is 0 Å². The van der Waals surface area contributed by atoms with Gasteiger partial charge in [0.05, 0.1) is 12.8 Å². The lowest BCUT2D eigenvalue weighted by Gasteiger charge is -2.23. The zero-order chi connectivity index (χ0) is 13.2. The highest BCUT2D eigenvalue weighted by Gasteiger charge is 2.34. The van der Waals surface area contributed by atoms with E-state index >= 15 is 0 Å². The summed E-state index contributed by atoms with van der Waals surface area (Å²) in [6.45, 7) is 0.0516. The summed E-state index contributed by atoms with van der Waals surface area (Å²) in [5.74, 6) is -1.51. The summed E-state index contributed by atoms with van der Waals surface area (Å²) in [4.78, 5) is 23.9. The van der Waals surface area contributed by atoms with Gasteiger partial charge in [0.25, 0.3) is 0 Å². The average molecular weight is 264 g/mol. The number of hydrogen-bond acceptors (Lipinski definition) is 4. The maximum absolute atomic E-state index is 11.8. The number of sulfonamides is 1. The van der Waals surface area contributed by atoms with E-state index in [1.165, 1.54) is 11.9 Å². The molecule has 1 saturated heterocycles. The highest BCUT2D eigenvalue weighted by atomic mass is 32.2. The third-order valence-corrected chi connectivity index (χ3v) is 4.04. The number of aliphatic carboxylic acids is 1. The van der Waals surface area contributed by atoms with E-state index in [0.717, 1.165) is 10.6 Å². The highest BCUT2D eigenvalue weighted by molar-refractivity contribution is 7.88. The molecule has 0 aromatic rings. The van der Waals surface area contributed by atoms with Crippen LogP contribution >= 0.6 is 0 Å². The number of nitrogens with zero attached hydrogens (tertiary/aromatic N) is 2. The van der Waals surface area contributed by atoms with Crippen LogP contribution in [0.5, 0.6) is 0 Å². The van der Waals surface area contributed by atoms with Gasteiger partial charge in [0, 0.05) is 13.6 Å². The SMILES string of the molecule is CN(CC(=O)N1CCC[C@@H]1C(=O)O)S(C)(=O)=O. The van der Waals surface area contributed by atoms with Gasteiger partial charge in [0.1, 0.15) is 6.04 Å². The molecule has 0 aromatic carbocycles. The molecule has 1 heterocycles. The summed E-state index contributed by atoms with van der Waals surface area (Å²) < 4.78 is 23.2. The van der Waals surface area contributed by atoms with Crippen LogP contribution in [0, 0.1) is 0 Å². The van der Waals surface area contributed by atoms with E-state index in [2.05, 4.69) is 0 Å². The van der Waals surface area contributed by atoms with Gasteiger partial charge in [0.2, 0.25) is 15.9 Å². The fourth-order valence-corrected chi connectivity index (χ4v) is 2.07. The Balaban J connectivity index is 2.68. The lowest BCUT2D eigenvalue weighted by Crippen LogP contribution is -2.45. The van der Waals surface area contributed by atoms with Gasteiger partial charge >= 0.3 is 5.97 Å². The normalized spacial score (nSPS) is 20.9. The van der Waals surface area contributed by atoms with Crippen molar-refractivity contribution in [2.24, 2.45) is 0 Å². The van der Waals surface area contributed by atoms with Crippen molar-refractivity contribution in [1.82, 2.24) is 9.21 Å². The minimum Gasteiger partial charge on any atom is -0.480 e. The molecule has 1 rings (SSSR count). The Kier molecular flexibility index (Phi) is 4.10. The zero-order valence-corrected chi connectivity index (χ0v) is 10.6. The monoisotopic (exact) mass is 264 g/mol. The van der Waals surface area contributed by atoms with E-state index in [9.17, 15) is 18.0 Å². The van der Waals surface area contributed by atoms with Crippen molar-refractivity contribution in [3.8, 4) is 0 Å². The second kappa shape index (κ2) is 5.01. The molecule has 17 heavy (non-hydrogen) atoms. The Morgan fingerprint density at radius 2 is 2.06 bits per heavy atom. The molecule has 98 valence electrons. The second-order valence-electron chi connectivity index (χ2n) is 4.10. The largest absolute Gasteiger partial charge is 0.480 e. The van der Waals surface area contributed by atoms with Crippen molar-refractivity contribution in [2.75, 3.05) is 26.4 Å². The summed E-state index contributed by atoms with van der Waals surface area (Å²) in [7, 11) is -2.14. The Bertz CT molecular complexity index is 419. The predicted molar refractivity (Wildman–Crippen MR) is 59.8 cm³/mol. The van der Waals surface area contributed by atoms with E-state index in [-0.39, 0.29) is 6.54 Å². The first kappa shape index (κ1) is 13.9. The number of rotatable bonds is 4. The van der Waals surface area contributed by atoms with Crippen LogP contribution in [-0.4, -0.2) is 67.0 Å². The quantitative estimate of drug-likeness (QED) is 0.699. The molecule has 7 nitrogen and oxygen atoms in total. The van der Waals surface area contributed by atoms with Crippen LogP contribution in [0.15, 0.2) is 0 Å². The third kappa shape index (κ3) is 3.40. The van der Waals surface area contributed by atoms with E-state index in [0.29, 0.717) is 19.4 Å². The summed E-state index contributed by atoms with van der Waals surface area (Å²) in [5, 5.41) is 8.90. The van der Waals surface area contributed by atoms with Crippen LogP contribution in [-0.2, 0) is 19.6 Å². The first-order valence-corrected chi connectivity index (χ1v) is 7.02. The topological polar surface area (TPSA) is 95.0 Å². The molecule has 0 aliphatic carbocycles. The summed E-state index contributed by atoms with van der Waals surface area (Å²) in [6, 6.07) is -0.824. The van der Waals surface area contributed by atoms with Gasteiger partial charge in [-0.15, -0.1) is 0 Å². The zero-order valence-electron chi connectivity index (χ0n) is 9.79. The van der Waals surface area contributed by atoms with Crippen LogP contribution in [0.2, 0.25) is 0 Å². The summed E-state index contributed by atoms with van der Waals surface area (Å²) in [6.07, 6.45) is 2.05. The van der Waals surface area contributed by atoms with Crippen molar-refractivity contribution in [3.05, 3.63) is 0 Å². The molecule has 8 heteroatoms.